The average molecular weight is 331 g/mol. The highest BCUT2D eigenvalue weighted by Crippen LogP contribution is 2.22. The number of rotatable bonds is 4. The molecular formula is C17H21N3O2S. The number of likely N-dealkylation sites (tertiary alicyclic amines) is 1. The molecule has 0 radical (unpaired) electrons. The van der Waals surface area contributed by atoms with Gasteiger partial charge in [-0.3, -0.25) is 9.59 Å². The summed E-state index contributed by atoms with van der Waals surface area (Å²) in [6, 6.07) is 7.34. The minimum atomic E-state index is -0.0794. The first-order chi connectivity index (χ1) is 11.2. The van der Waals surface area contributed by atoms with E-state index in [2.05, 4.69) is 5.10 Å². The number of nitrogens with zero attached hydrogens (tertiary/aromatic N) is 3. The Morgan fingerprint density at radius 2 is 2.26 bits per heavy atom. The number of carbonyl (C=O) groups excluding carboxylic acids is 1. The molecule has 0 N–H and O–H groups in total. The molecular weight excluding hydrogens is 310 g/mol. The Morgan fingerprint density at radius 1 is 1.39 bits per heavy atom. The summed E-state index contributed by atoms with van der Waals surface area (Å²) in [5, 5.41) is 6.51. The van der Waals surface area contributed by atoms with Crippen molar-refractivity contribution in [2.24, 2.45) is 5.92 Å². The lowest BCUT2D eigenvalue weighted by Gasteiger charge is -2.32. The minimum absolute atomic E-state index is 0.0794. The van der Waals surface area contributed by atoms with Gasteiger partial charge in [0.2, 0.25) is 5.91 Å². The predicted molar refractivity (Wildman–Crippen MR) is 91.4 cm³/mol. The lowest BCUT2D eigenvalue weighted by Crippen LogP contribution is -2.42. The lowest BCUT2D eigenvalue weighted by molar-refractivity contribution is -0.132. The molecule has 0 aliphatic carbocycles. The minimum Gasteiger partial charge on any atom is -0.342 e. The monoisotopic (exact) mass is 331 g/mol. The Balaban J connectivity index is 1.76. The first kappa shape index (κ1) is 15.9. The summed E-state index contributed by atoms with van der Waals surface area (Å²) < 4.78 is 1.56. The van der Waals surface area contributed by atoms with E-state index in [1.807, 2.05) is 29.3 Å². The molecule has 6 heteroatoms. The van der Waals surface area contributed by atoms with Crippen LogP contribution in [0.2, 0.25) is 0 Å². The third kappa shape index (κ3) is 3.69. The fourth-order valence-corrected chi connectivity index (χ4v) is 3.73. The van der Waals surface area contributed by atoms with Gasteiger partial charge in [0.25, 0.3) is 5.56 Å². The first-order valence-corrected chi connectivity index (χ1v) is 8.95. The molecule has 2 aromatic rings. The highest BCUT2D eigenvalue weighted by Gasteiger charge is 2.23. The normalized spacial score (nSPS) is 18.1. The Kier molecular flexibility index (Phi) is 4.91. The van der Waals surface area contributed by atoms with E-state index in [-0.39, 0.29) is 11.5 Å². The van der Waals surface area contributed by atoms with Crippen LogP contribution < -0.4 is 5.56 Å². The van der Waals surface area contributed by atoms with Crippen LogP contribution in [0.15, 0.2) is 34.4 Å². The molecule has 0 unspecified atom stereocenters. The Hall–Kier alpha value is -1.95. The summed E-state index contributed by atoms with van der Waals surface area (Å²) in [5.41, 5.74) is 0.751. The van der Waals surface area contributed by atoms with Gasteiger partial charge in [-0.1, -0.05) is 13.0 Å². The zero-order chi connectivity index (χ0) is 16.2. The second-order valence-corrected chi connectivity index (χ2v) is 6.87. The fraction of sp³-hybridized carbons (Fsp3) is 0.471. The van der Waals surface area contributed by atoms with Crippen LogP contribution in [0, 0.1) is 5.92 Å². The Bertz CT molecular complexity index is 724. The number of hydrogen-bond donors (Lipinski definition) is 0. The molecule has 3 rings (SSSR count). The molecule has 1 atom stereocenters. The van der Waals surface area contributed by atoms with E-state index in [9.17, 15) is 9.59 Å². The van der Waals surface area contributed by atoms with Crippen LogP contribution in [0.4, 0.5) is 0 Å². The van der Waals surface area contributed by atoms with Gasteiger partial charge in [0.15, 0.2) is 0 Å². The van der Waals surface area contributed by atoms with Crippen LogP contribution in [0.3, 0.4) is 0 Å². The fourth-order valence-electron chi connectivity index (χ4n) is 3.04. The largest absolute Gasteiger partial charge is 0.342 e. The number of amides is 1. The van der Waals surface area contributed by atoms with E-state index in [0.29, 0.717) is 18.9 Å². The second-order valence-electron chi connectivity index (χ2n) is 5.92. The third-order valence-electron chi connectivity index (χ3n) is 4.25. The van der Waals surface area contributed by atoms with Crippen molar-refractivity contribution in [1.82, 2.24) is 14.7 Å². The second kappa shape index (κ2) is 7.08. The van der Waals surface area contributed by atoms with Crippen LogP contribution in [0.1, 0.15) is 26.2 Å². The molecule has 0 saturated carbocycles. The van der Waals surface area contributed by atoms with Crippen molar-refractivity contribution in [3.63, 3.8) is 0 Å². The van der Waals surface area contributed by atoms with Crippen LogP contribution in [-0.2, 0) is 11.3 Å². The Labute approximate surface area is 139 Å². The molecule has 1 aliphatic heterocycles. The van der Waals surface area contributed by atoms with Gasteiger partial charge in [-0.05, 0) is 36.3 Å². The van der Waals surface area contributed by atoms with E-state index in [4.69, 9.17) is 0 Å². The molecule has 1 saturated heterocycles. The van der Waals surface area contributed by atoms with Gasteiger partial charge >= 0.3 is 0 Å². The summed E-state index contributed by atoms with van der Waals surface area (Å²) in [7, 11) is 0. The van der Waals surface area contributed by atoms with Crippen molar-refractivity contribution < 1.29 is 4.79 Å². The summed E-state index contributed by atoms with van der Waals surface area (Å²) >= 11 is 1.61. The summed E-state index contributed by atoms with van der Waals surface area (Å²) in [6.45, 7) is 4.03. The van der Waals surface area contributed by atoms with Gasteiger partial charge < -0.3 is 4.90 Å². The number of aromatic nitrogens is 2. The zero-order valence-corrected chi connectivity index (χ0v) is 14.1. The molecule has 0 spiro atoms. The van der Waals surface area contributed by atoms with Crippen molar-refractivity contribution in [3.05, 3.63) is 40.0 Å². The van der Waals surface area contributed by atoms with Crippen LogP contribution >= 0.6 is 11.3 Å². The van der Waals surface area contributed by atoms with Gasteiger partial charge in [-0.15, -0.1) is 11.3 Å². The van der Waals surface area contributed by atoms with E-state index < -0.39 is 0 Å². The van der Waals surface area contributed by atoms with Crippen molar-refractivity contribution in [3.8, 4) is 10.6 Å². The molecule has 23 heavy (non-hydrogen) atoms. The third-order valence-corrected chi connectivity index (χ3v) is 5.14. The maximum Gasteiger partial charge on any atom is 0.266 e. The maximum atomic E-state index is 12.1. The Morgan fingerprint density at radius 3 is 3.00 bits per heavy atom. The highest BCUT2D eigenvalue weighted by atomic mass is 32.1. The van der Waals surface area contributed by atoms with Crippen LogP contribution in [0.25, 0.3) is 10.6 Å². The first-order valence-electron chi connectivity index (χ1n) is 8.07. The smallest absolute Gasteiger partial charge is 0.266 e. The van der Waals surface area contributed by atoms with E-state index in [0.717, 1.165) is 36.5 Å². The highest BCUT2D eigenvalue weighted by molar-refractivity contribution is 7.13. The van der Waals surface area contributed by atoms with Crippen molar-refractivity contribution in [2.75, 3.05) is 13.1 Å². The van der Waals surface area contributed by atoms with Gasteiger partial charge in [0.05, 0.1) is 4.88 Å². The molecule has 1 aliphatic rings. The van der Waals surface area contributed by atoms with Gasteiger partial charge in [0.1, 0.15) is 5.69 Å². The zero-order valence-electron chi connectivity index (χ0n) is 13.3. The van der Waals surface area contributed by atoms with Gasteiger partial charge in [-0.25, -0.2) is 4.68 Å². The summed E-state index contributed by atoms with van der Waals surface area (Å²) in [4.78, 5) is 27.0. The molecule has 1 fully saturated rings. The molecule has 3 heterocycles. The van der Waals surface area contributed by atoms with E-state index >= 15 is 0 Å². The molecule has 2 aromatic heterocycles. The maximum absolute atomic E-state index is 12.1. The molecule has 122 valence electrons. The van der Waals surface area contributed by atoms with Crippen molar-refractivity contribution in [2.45, 2.75) is 32.7 Å². The lowest BCUT2D eigenvalue weighted by atomic mass is 9.98. The number of hydrogen-bond acceptors (Lipinski definition) is 4. The number of thiophene rings is 1. The van der Waals surface area contributed by atoms with E-state index in [1.165, 1.54) is 0 Å². The van der Waals surface area contributed by atoms with Crippen LogP contribution in [0.5, 0.6) is 0 Å². The van der Waals surface area contributed by atoms with E-state index in [1.54, 1.807) is 28.2 Å². The summed E-state index contributed by atoms with van der Waals surface area (Å²) in [5.74, 6) is 0.491. The summed E-state index contributed by atoms with van der Waals surface area (Å²) in [6.07, 6.45) is 2.57. The predicted octanol–water partition coefficient (Wildman–Crippen LogP) is 2.62. The SMILES string of the molecule is CCC(=O)N1CCC[C@@H](Cn2nc(-c3cccs3)ccc2=O)C1. The molecule has 1 amide bonds. The van der Waals surface area contributed by atoms with Gasteiger partial charge in [-0.2, -0.15) is 5.10 Å². The molecule has 0 bridgehead atoms. The quantitative estimate of drug-likeness (QED) is 0.865. The van der Waals surface area contributed by atoms with Crippen molar-refractivity contribution >= 4 is 17.2 Å². The molecule has 5 nitrogen and oxygen atoms in total. The average Bonchev–Trinajstić information content (AvgIpc) is 3.11. The van der Waals surface area contributed by atoms with Gasteiger partial charge in [0, 0.05) is 32.1 Å². The number of piperidine rings is 1. The number of carbonyl (C=O) groups is 1. The topological polar surface area (TPSA) is 55.2 Å². The molecule has 0 aromatic carbocycles. The van der Waals surface area contributed by atoms with Crippen LogP contribution in [-0.4, -0.2) is 33.7 Å². The van der Waals surface area contributed by atoms with Crippen molar-refractivity contribution in [1.29, 1.82) is 0 Å². The standard InChI is InChI=1S/C17H21N3O2S/c1-2-16(21)19-9-3-5-13(11-19)12-20-17(22)8-7-14(18-20)15-6-4-10-23-15/h4,6-8,10,13H,2-3,5,9,11-12H2,1H3/t13-/m1/s1.